The van der Waals surface area contributed by atoms with Gasteiger partial charge in [-0.1, -0.05) is 30.5 Å². The molecule has 1 saturated carbocycles. The Morgan fingerprint density at radius 1 is 1.06 bits per heavy atom. The maximum absolute atomic E-state index is 13.8. The van der Waals surface area contributed by atoms with Gasteiger partial charge in [0.05, 0.1) is 10.6 Å². The zero-order valence-electron chi connectivity index (χ0n) is 21.2. The van der Waals surface area contributed by atoms with Crippen molar-refractivity contribution in [1.29, 1.82) is 0 Å². The van der Waals surface area contributed by atoms with E-state index < -0.39 is 0 Å². The van der Waals surface area contributed by atoms with Crippen molar-refractivity contribution in [3.63, 3.8) is 0 Å². The maximum atomic E-state index is 13.8. The highest BCUT2D eigenvalue weighted by Gasteiger charge is 2.28. The third-order valence-corrected chi connectivity index (χ3v) is 8.39. The molecular formula is C28H37ClFN5O. The molecule has 1 aromatic carbocycles. The number of hydrogen-bond acceptors (Lipinski definition) is 5. The summed E-state index contributed by atoms with van der Waals surface area (Å²) in [7, 11) is 0. The quantitative estimate of drug-likeness (QED) is 0.609. The maximum Gasteiger partial charge on any atom is 0.253 e. The van der Waals surface area contributed by atoms with Crippen molar-refractivity contribution in [1.82, 2.24) is 20.1 Å². The van der Waals surface area contributed by atoms with Gasteiger partial charge >= 0.3 is 0 Å². The molecule has 1 aromatic heterocycles. The number of nitrogens with zero attached hydrogens (tertiary/aromatic N) is 4. The van der Waals surface area contributed by atoms with Crippen molar-refractivity contribution in [2.75, 3.05) is 44.2 Å². The van der Waals surface area contributed by atoms with Crippen LogP contribution in [0.5, 0.6) is 0 Å². The van der Waals surface area contributed by atoms with Crippen LogP contribution in [0.3, 0.4) is 0 Å². The number of pyridine rings is 1. The average Bonchev–Trinajstić information content (AvgIpc) is 3.40. The van der Waals surface area contributed by atoms with Crippen LogP contribution in [-0.4, -0.2) is 72.0 Å². The minimum absolute atomic E-state index is 0.00130. The smallest absolute Gasteiger partial charge is 0.253 e. The number of likely N-dealkylation sites (tertiary alicyclic amines) is 1. The second-order valence-corrected chi connectivity index (χ2v) is 11.0. The molecule has 0 bridgehead atoms. The number of aryl methyl sites for hydroxylation is 1. The predicted octanol–water partition coefficient (Wildman–Crippen LogP) is 4.64. The summed E-state index contributed by atoms with van der Waals surface area (Å²) in [5, 5.41) is 3.34. The van der Waals surface area contributed by atoms with Crippen LogP contribution in [0, 0.1) is 12.7 Å². The van der Waals surface area contributed by atoms with Crippen molar-refractivity contribution < 1.29 is 9.18 Å². The average molecular weight is 514 g/mol. The lowest BCUT2D eigenvalue weighted by Crippen LogP contribution is -2.53. The van der Waals surface area contributed by atoms with Gasteiger partial charge in [0.1, 0.15) is 11.6 Å². The van der Waals surface area contributed by atoms with Gasteiger partial charge in [0, 0.05) is 51.0 Å². The van der Waals surface area contributed by atoms with Crippen molar-refractivity contribution in [2.24, 2.45) is 0 Å². The number of rotatable bonds is 6. The molecule has 0 atom stereocenters. The number of carbonyl (C=O) groups is 1. The van der Waals surface area contributed by atoms with Crippen LogP contribution in [0.1, 0.15) is 60.0 Å². The lowest BCUT2D eigenvalue weighted by Gasteiger charge is -2.43. The Kier molecular flexibility index (Phi) is 8.09. The lowest BCUT2D eigenvalue weighted by atomic mass is 10.0. The molecule has 2 aromatic rings. The second-order valence-electron chi connectivity index (χ2n) is 10.6. The molecule has 3 aliphatic rings. The van der Waals surface area contributed by atoms with Gasteiger partial charge in [0.25, 0.3) is 5.91 Å². The zero-order valence-corrected chi connectivity index (χ0v) is 21.9. The van der Waals surface area contributed by atoms with Crippen LogP contribution >= 0.6 is 11.6 Å². The molecule has 1 N–H and O–H groups in total. The van der Waals surface area contributed by atoms with Gasteiger partial charge in [-0.2, -0.15) is 0 Å². The van der Waals surface area contributed by atoms with Crippen molar-refractivity contribution in [3.8, 4) is 0 Å². The number of piperidine rings is 1. The molecule has 8 heteroatoms. The molecule has 2 saturated heterocycles. The molecule has 1 aliphatic carbocycles. The first-order valence-corrected chi connectivity index (χ1v) is 13.8. The normalized spacial score (nSPS) is 20.7. The van der Waals surface area contributed by atoms with Crippen molar-refractivity contribution >= 4 is 23.3 Å². The standard InChI is InChI=1S/C28H37ClFN5O/c1-20-16-22(28(36)32-23-4-2-3-5-23)18-31-27(20)35-14-12-34(13-15-35)24-8-10-33(11-9-24)19-21-6-7-25(29)26(30)17-21/h6-7,16-18,23-24H,2-5,8-15,19H2,1H3,(H,32,36). The summed E-state index contributed by atoms with van der Waals surface area (Å²) in [6, 6.07) is 8.02. The highest BCUT2D eigenvalue weighted by molar-refractivity contribution is 6.30. The molecule has 0 unspecified atom stereocenters. The summed E-state index contributed by atoms with van der Waals surface area (Å²) in [5.41, 5.74) is 2.71. The third kappa shape index (κ3) is 6.01. The third-order valence-electron chi connectivity index (χ3n) is 8.08. The van der Waals surface area contributed by atoms with Gasteiger partial charge in [0.15, 0.2) is 0 Å². The number of amides is 1. The summed E-state index contributed by atoms with van der Waals surface area (Å²) >= 11 is 5.82. The monoisotopic (exact) mass is 513 g/mol. The summed E-state index contributed by atoms with van der Waals surface area (Å²) < 4.78 is 13.8. The van der Waals surface area contributed by atoms with E-state index in [4.69, 9.17) is 16.6 Å². The molecule has 3 fully saturated rings. The Morgan fingerprint density at radius 2 is 1.78 bits per heavy atom. The van der Waals surface area contributed by atoms with Gasteiger partial charge in [-0.15, -0.1) is 0 Å². The first-order chi connectivity index (χ1) is 17.5. The van der Waals surface area contributed by atoms with Crippen molar-refractivity contribution in [3.05, 3.63) is 58.0 Å². The zero-order chi connectivity index (χ0) is 25.1. The largest absolute Gasteiger partial charge is 0.354 e. The highest BCUT2D eigenvalue weighted by Crippen LogP contribution is 2.25. The summed E-state index contributed by atoms with van der Waals surface area (Å²) in [5.74, 6) is 0.659. The molecule has 3 heterocycles. The molecule has 0 spiro atoms. The van der Waals surface area contributed by atoms with E-state index in [0.717, 1.165) is 88.4 Å². The molecule has 2 aliphatic heterocycles. The molecule has 5 rings (SSSR count). The van der Waals surface area contributed by atoms with E-state index in [2.05, 4.69) is 26.9 Å². The van der Waals surface area contributed by atoms with Crippen LogP contribution in [0.25, 0.3) is 0 Å². The summed E-state index contributed by atoms with van der Waals surface area (Å²) in [6.07, 6.45) is 8.59. The van der Waals surface area contributed by atoms with E-state index in [1.54, 1.807) is 18.3 Å². The van der Waals surface area contributed by atoms with E-state index in [-0.39, 0.29) is 16.7 Å². The Balaban J connectivity index is 1.09. The van der Waals surface area contributed by atoms with Gasteiger partial charge in [-0.3, -0.25) is 14.6 Å². The molecule has 6 nitrogen and oxygen atoms in total. The summed E-state index contributed by atoms with van der Waals surface area (Å²) in [6.45, 7) is 8.84. The number of nitrogens with one attached hydrogen (secondary N) is 1. The molecule has 1 amide bonds. The predicted molar refractivity (Wildman–Crippen MR) is 142 cm³/mol. The fourth-order valence-corrected chi connectivity index (χ4v) is 6.12. The number of aromatic nitrogens is 1. The molecule has 36 heavy (non-hydrogen) atoms. The van der Waals surface area contributed by atoms with E-state index in [1.807, 2.05) is 12.1 Å². The minimum Gasteiger partial charge on any atom is -0.354 e. The fraction of sp³-hybridized carbons (Fsp3) is 0.571. The summed E-state index contributed by atoms with van der Waals surface area (Å²) in [4.78, 5) is 24.7. The van der Waals surface area contributed by atoms with E-state index >= 15 is 0 Å². The Labute approximate surface area is 218 Å². The Hall–Kier alpha value is -2.22. The minimum atomic E-state index is -0.339. The first kappa shape index (κ1) is 25.4. The van der Waals surface area contributed by atoms with Crippen LogP contribution in [0.2, 0.25) is 5.02 Å². The first-order valence-electron chi connectivity index (χ1n) is 13.4. The fourth-order valence-electron chi connectivity index (χ4n) is 6.00. The Bertz CT molecular complexity index is 1060. The Morgan fingerprint density at radius 3 is 2.44 bits per heavy atom. The van der Waals surface area contributed by atoms with Gasteiger partial charge in [-0.05, 0) is 75.0 Å². The number of anilines is 1. The molecule has 0 radical (unpaired) electrons. The number of halogens is 2. The number of benzene rings is 1. The van der Waals surface area contributed by atoms with Crippen LogP contribution < -0.4 is 10.2 Å². The van der Waals surface area contributed by atoms with Gasteiger partial charge in [-0.25, -0.2) is 9.37 Å². The number of carbonyl (C=O) groups excluding carboxylic acids is 1. The van der Waals surface area contributed by atoms with Crippen LogP contribution in [0.15, 0.2) is 30.5 Å². The molecule has 194 valence electrons. The highest BCUT2D eigenvalue weighted by atomic mass is 35.5. The van der Waals surface area contributed by atoms with Gasteiger partial charge < -0.3 is 10.2 Å². The lowest BCUT2D eigenvalue weighted by molar-refractivity contribution is 0.0937. The number of piperazine rings is 1. The van der Waals surface area contributed by atoms with E-state index in [1.165, 1.54) is 12.8 Å². The SMILES string of the molecule is Cc1cc(C(=O)NC2CCCC2)cnc1N1CCN(C2CCN(Cc3ccc(Cl)c(F)c3)CC2)CC1. The van der Waals surface area contributed by atoms with Crippen LogP contribution in [-0.2, 0) is 6.54 Å². The van der Waals surface area contributed by atoms with E-state index in [9.17, 15) is 9.18 Å². The van der Waals surface area contributed by atoms with E-state index in [0.29, 0.717) is 17.6 Å². The second kappa shape index (κ2) is 11.4. The molecular weight excluding hydrogens is 477 g/mol. The van der Waals surface area contributed by atoms with Crippen molar-refractivity contribution in [2.45, 2.75) is 64.1 Å². The number of hydrogen-bond donors (Lipinski definition) is 1. The topological polar surface area (TPSA) is 51.7 Å². The van der Waals surface area contributed by atoms with Crippen LogP contribution in [0.4, 0.5) is 10.2 Å². The van der Waals surface area contributed by atoms with Gasteiger partial charge in [0.2, 0.25) is 0 Å².